The molecule has 0 saturated carbocycles. The number of rotatable bonds is 4. The van der Waals surface area contributed by atoms with E-state index in [1.807, 2.05) is 13.8 Å². The number of hydrogen-bond donors (Lipinski definition) is 1. The van der Waals surface area contributed by atoms with Crippen LogP contribution in [0.5, 0.6) is 11.5 Å². The van der Waals surface area contributed by atoms with Crippen molar-refractivity contribution in [3.8, 4) is 11.5 Å². The number of ketones is 1. The first-order chi connectivity index (χ1) is 13.2. The quantitative estimate of drug-likeness (QED) is 0.794. The first-order valence-electron chi connectivity index (χ1n) is 8.96. The van der Waals surface area contributed by atoms with E-state index in [-0.39, 0.29) is 22.7 Å². The van der Waals surface area contributed by atoms with Crippen molar-refractivity contribution in [3.63, 3.8) is 0 Å². The number of benzene rings is 1. The average molecular weight is 387 g/mol. The second kappa shape index (κ2) is 7.22. The fraction of sp³-hybridized carbons (Fsp3) is 0.429. The third-order valence-electron chi connectivity index (χ3n) is 5.10. The Balaban J connectivity index is 2.22. The molecule has 1 aromatic rings. The lowest BCUT2D eigenvalue weighted by atomic mass is 9.70. The molecule has 1 unspecified atom stereocenters. The van der Waals surface area contributed by atoms with Crippen LogP contribution in [0.1, 0.15) is 38.2 Å². The van der Waals surface area contributed by atoms with Gasteiger partial charge in [-0.1, -0.05) is 19.9 Å². The van der Waals surface area contributed by atoms with Gasteiger partial charge in [0.2, 0.25) is 5.88 Å². The molecule has 2 aliphatic rings. The fourth-order valence-electron chi connectivity index (χ4n) is 3.86. The van der Waals surface area contributed by atoms with Gasteiger partial charge in [0.1, 0.15) is 11.3 Å². The van der Waals surface area contributed by atoms with Crippen LogP contribution in [0.25, 0.3) is 0 Å². The van der Waals surface area contributed by atoms with Crippen molar-refractivity contribution in [1.29, 1.82) is 0 Å². The highest BCUT2D eigenvalue weighted by molar-refractivity contribution is 6.03. The molecule has 1 heterocycles. The van der Waals surface area contributed by atoms with Crippen LogP contribution in [0.3, 0.4) is 0 Å². The van der Waals surface area contributed by atoms with E-state index in [0.29, 0.717) is 41.2 Å². The molecule has 0 saturated heterocycles. The maximum absolute atomic E-state index is 13.1. The lowest BCUT2D eigenvalue weighted by molar-refractivity contribution is -0.136. The topological polar surface area (TPSA) is 97.1 Å². The Hall–Kier alpha value is -2.96. The van der Waals surface area contributed by atoms with Gasteiger partial charge in [0.25, 0.3) is 0 Å². The molecule has 7 heteroatoms. The van der Waals surface area contributed by atoms with Crippen LogP contribution < -0.4 is 15.2 Å². The molecule has 1 aliphatic carbocycles. The fourth-order valence-corrected chi connectivity index (χ4v) is 3.86. The van der Waals surface area contributed by atoms with Crippen molar-refractivity contribution in [2.24, 2.45) is 11.1 Å². The predicted molar refractivity (Wildman–Crippen MR) is 102 cm³/mol. The molecule has 1 atom stereocenters. The molecular weight excluding hydrogens is 362 g/mol. The molecule has 0 amide bonds. The van der Waals surface area contributed by atoms with Gasteiger partial charge in [-0.15, -0.1) is 0 Å². The van der Waals surface area contributed by atoms with E-state index >= 15 is 0 Å². The van der Waals surface area contributed by atoms with Gasteiger partial charge >= 0.3 is 5.97 Å². The SMILES string of the molecule is COC(=O)C1=C(N)OC2=C(C(=O)CC(C)(C)C2)C1c1ccc(OC)c(OC)c1. The number of methoxy groups -OCH3 is 3. The van der Waals surface area contributed by atoms with E-state index in [0.717, 1.165) is 0 Å². The lowest BCUT2D eigenvalue weighted by Gasteiger charge is -2.37. The van der Waals surface area contributed by atoms with Gasteiger partial charge < -0.3 is 24.7 Å². The molecule has 7 nitrogen and oxygen atoms in total. The van der Waals surface area contributed by atoms with Crippen molar-refractivity contribution in [2.45, 2.75) is 32.6 Å². The minimum atomic E-state index is -0.695. The summed E-state index contributed by atoms with van der Waals surface area (Å²) in [4.78, 5) is 25.6. The van der Waals surface area contributed by atoms with Crippen LogP contribution in [-0.2, 0) is 19.1 Å². The van der Waals surface area contributed by atoms with Crippen molar-refractivity contribution < 1.29 is 28.5 Å². The Labute approximate surface area is 164 Å². The Morgan fingerprint density at radius 1 is 1.14 bits per heavy atom. The summed E-state index contributed by atoms with van der Waals surface area (Å²) in [5.41, 5.74) is 7.09. The van der Waals surface area contributed by atoms with Crippen molar-refractivity contribution in [1.82, 2.24) is 0 Å². The van der Waals surface area contributed by atoms with Crippen LogP contribution in [0.15, 0.2) is 41.0 Å². The van der Waals surface area contributed by atoms with E-state index in [9.17, 15) is 9.59 Å². The molecule has 0 bridgehead atoms. The predicted octanol–water partition coefficient (Wildman–Crippen LogP) is 2.80. The molecule has 150 valence electrons. The summed E-state index contributed by atoms with van der Waals surface area (Å²) < 4.78 is 21.4. The number of allylic oxidation sites excluding steroid dienone is 2. The van der Waals surface area contributed by atoms with E-state index < -0.39 is 11.9 Å². The molecule has 28 heavy (non-hydrogen) atoms. The van der Waals surface area contributed by atoms with Crippen molar-refractivity contribution in [2.75, 3.05) is 21.3 Å². The normalized spacial score (nSPS) is 21.0. The molecule has 0 aromatic heterocycles. The van der Waals surface area contributed by atoms with Crippen LogP contribution >= 0.6 is 0 Å². The highest BCUT2D eigenvalue weighted by atomic mass is 16.5. The van der Waals surface area contributed by atoms with Crippen LogP contribution in [0, 0.1) is 5.41 Å². The van der Waals surface area contributed by atoms with Gasteiger partial charge in [-0.3, -0.25) is 4.79 Å². The number of Topliss-reactive ketones (excluding diaryl/α,β-unsaturated/α-hetero) is 1. The average Bonchev–Trinajstić information content (AvgIpc) is 2.64. The van der Waals surface area contributed by atoms with Crippen LogP contribution in [-0.4, -0.2) is 33.1 Å². The highest BCUT2D eigenvalue weighted by Gasteiger charge is 2.45. The standard InChI is InChI=1S/C21H25NO6/c1-21(2)9-12(23)17-15(10-21)28-19(22)18(20(24)27-5)16(17)11-6-7-13(25-3)14(8-11)26-4/h6-8,16H,9-10,22H2,1-5H3. The Morgan fingerprint density at radius 3 is 2.43 bits per heavy atom. The first kappa shape index (κ1) is 19.8. The van der Waals surface area contributed by atoms with Gasteiger partial charge in [-0.2, -0.15) is 0 Å². The monoisotopic (exact) mass is 387 g/mol. The van der Waals surface area contributed by atoms with Crippen LogP contribution in [0.4, 0.5) is 0 Å². The second-order valence-electron chi connectivity index (χ2n) is 7.70. The molecule has 1 aromatic carbocycles. The molecule has 2 N–H and O–H groups in total. The Bertz CT molecular complexity index is 896. The zero-order chi connectivity index (χ0) is 20.6. The smallest absolute Gasteiger partial charge is 0.340 e. The molecular formula is C21H25NO6. The first-order valence-corrected chi connectivity index (χ1v) is 8.96. The van der Waals surface area contributed by atoms with E-state index in [2.05, 4.69) is 0 Å². The maximum atomic E-state index is 13.1. The summed E-state index contributed by atoms with van der Waals surface area (Å²) in [7, 11) is 4.33. The molecule has 3 rings (SSSR count). The number of carbonyl (C=O) groups excluding carboxylic acids is 2. The molecule has 0 spiro atoms. The highest BCUT2D eigenvalue weighted by Crippen LogP contribution is 2.49. The largest absolute Gasteiger partial charge is 0.493 e. The van der Waals surface area contributed by atoms with E-state index in [1.165, 1.54) is 21.3 Å². The van der Waals surface area contributed by atoms with Crippen molar-refractivity contribution >= 4 is 11.8 Å². The number of esters is 1. The van der Waals surface area contributed by atoms with Gasteiger partial charge in [-0.25, -0.2) is 4.79 Å². The number of hydrogen-bond acceptors (Lipinski definition) is 7. The summed E-state index contributed by atoms with van der Waals surface area (Å²) in [6, 6.07) is 5.25. The summed E-state index contributed by atoms with van der Waals surface area (Å²) in [6.45, 7) is 4.00. The molecule has 1 aliphatic heterocycles. The van der Waals surface area contributed by atoms with Crippen LogP contribution in [0.2, 0.25) is 0 Å². The number of nitrogens with two attached hydrogens (primary N) is 1. The third kappa shape index (κ3) is 3.32. The lowest BCUT2D eigenvalue weighted by Crippen LogP contribution is -2.35. The van der Waals surface area contributed by atoms with Crippen molar-refractivity contribution in [3.05, 3.63) is 46.6 Å². The van der Waals surface area contributed by atoms with Gasteiger partial charge in [0.05, 0.1) is 27.2 Å². The Morgan fingerprint density at radius 2 is 1.82 bits per heavy atom. The van der Waals surface area contributed by atoms with E-state index in [1.54, 1.807) is 18.2 Å². The summed E-state index contributed by atoms with van der Waals surface area (Å²) >= 11 is 0. The number of carbonyl (C=O) groups is 2. The van der Waals surface area contributed by atoms with E-state index in [4.69, 9.17) is 24.7 Å². The zero-order valence-electron chi connectivity index (χ0n) is 16.8. The minimum absolute atomic E-state index is 0.0455. The summed E-state index contributed by atoms with van der Waals surface area (Å²) in [5.74, 6) is 0.0864. The van der Waals surface area contributed by atoms with Gasteiger partial charge in [-0.05, 0) is 23.1 Å². The molecule has 0 radical (unpaired) electrons. The van der Waals surface area contributed by atoms with Gasteiger partial charge in [0.15, 0.2) is 17.3 Å². The van der Waals surface area contributed by atoms with Gasteiger partial charge in [0, 0.05) is 18.4 Å². The Kier molecular flexibility index (Phi) is 5.10. The maximum Gasteiger partial charge on any atom is 0.340 e. The molecule has 0 fully saturated rings. The zero-order valence-corrected chi connectivity index (χ0v) is 16.8. The third-order valence-corrected chi connectivity index (χ3v) is 5.10. The second-order valence-corrected chi connectivity index (χ2v) is 7.70. The summed E-state index contributed by atoms with van der Waals surface area (Å²) in [6.07, 6.45) is 0.903. The minimum Gasteiger partial charge on any atom is -0.493 e. The number of ether oxygens (including phenoxy) is 4. The summed E-state index contributed by atoms with van der Waals surface area (Å²) in [5, 5.41) is 0.